The van der Waals surface area contributed by atoms with Gasteiger partial charge in [-0.15, -0.1) is 0 Å². The Morgan fingerprint density at radius 2 is 1.62 bits per heavy atom. The molecular weight excluding hydrogens is 369 g/mol. The monoisotopic (exact) mass is 387 g/mol. The number of hydrogen-bond donors (Lipinski definition) is 1. The highest BCUT2D eigenvalue weighted by Crippen LogP contribution is 2.24. The Hall–Kier alpha value is -2.36. The van der Waals surface area contributed by atoms with Gasteiger partial charge in [0.25, 0.3) is 0 Å². The summed E-state index contributed by atoms with van der Waals surface area (Å²) in [5, 5.41) is 4.46. The summed E-state index contributed by atoms with van der Waals surface area (Å²) in [5.41, 5.74) is 3.14. The molecule has 0 atom stereocenters. The topological polar surface area (TPSA) is 30.5 Å². The van der Waals surface area contributed by atoms with Gasteiger partial charge in [0.1, 0.15) is 18.1 Å². The van der Waals surface area contributed by atoms with Gasteiger partial charge in [0.2, 0.25) is 0 Å². The first-order valence-electron chi connectivity index (χ1n) is 8.17. The predicted molar refractivity (Wildman–Crippen MR) is 108 cm³/mol. The minimum absolute atomic E-state index is 0.437. The van der Waals surface area contributed by atoms with Crippen LogP contribution in [0.1, 0.15) is 11.1 Å². The average Bonchev–Trinajstić information content (AvgIpc) is 2.68. The molecule has 26 heavy (non-hydrogen) atoms. The SMILES string of the molecule is COc1ccc(NCc2cccc(OCc3ccc(Cl)c(Cl)c3)c2)cc1. The quantitative estimate of drug-likeness (QED) is 0.523. The lowest BCUT2D eigenvalue weighted by Gasteiger charge is -2.10. The van der Waals surface area contributed by atoms with Crippen molar-refractivity contribution in [3.8, 4) is 11.5 Å². The van der Waals surface area contributed by atoms with Crippen LogP contribution in [0.5, 0.6) is 11.5 Å². The molecule has 0 aliphatic carbocycles. The summed E-state index contributed by atoms with van der Waals surface area (Å²) in [5.74, 6) is 1.65. The largest absolute Gasteiger partial charge is 0.497 e. The van der Waals surface area contributed by atoms with E-state index in [0.29, 0.717) is 23.2 Å². The van der Waals surface area contributed by atoms with Crippen molar-refractivity contribution in [2.45, 2.75) is 13.2 Å². The number of benzene rings is 3. The Labute approximate surface area is 163 Å². The molecule has 0 radical (unpaired) electrons. The zero-order valence-corrected chi connectivity index (χ0v) is 15.8. The van der Waals surface area contributed by atoms with E-state index in [1.54, 1.807) is 13.2 Å². The molecule has 3 nitrogen and oxygen atoms in total. The molecule has 0 aromatic heterocycles. The molecule has 0 unspecified atom stereocenters. The van der Waals surface area contributed by atoms with E-state index in [-0.39, 0.29) is 0 Å². The van der Waals surface area contributed by atoms with Crippen LogP contribution in [0.4, 0.5) is 5.69 Å². The lowest BCUT2D eigenvalue weighted by Crippen LogP contribution is -2.00. The molecule has 0 bridgehead atoms. The van der Waals surface area contributed by atoms with Gasteiger partial charge in [-0.3, -0.25) is 0 Å². The third-order valence-electron chi connectivity index (χ3n) is 3.87. The Bertz CT molecular complexity index is 866. The molecule has 3 aromatic carbocycles. The second-order valence-electron chi connectivity index (χ2n) is 5.77. The number of rotatable bonds is 7. The van der Waals surface area contributed by atoms with E-state index < -0.39 is 0 Å². The molecule has 0 fully saturated rings. The number of ether oxygens (including phenoxy) is 2. The molecule has 3 rings (SSSR count). The van der Waals surface area contributed by atoms with Crippen LogP contribution in [0.3, 0.4) is 0 Å². The van der Waals surface area contributed by atoms with Crippen molar-refractivity contribution in [1.29, 1.82) is 0 Å². The zero-order valence-electron chi connectivity index (χ0n) is 14.3. The number of halogens is 2. The second-order valence-corrected chi connectivity index (χ2v) is 6.58. The summed E-state index contributed by atoms with van der Waals surface area (Å²) in [4.78, 5) is 0. The normalized spacial score (nSPS) is 10.4. The van der Waals surface area contributed by atoms with Crippen molar-refractivity contribution >= 4 is 28.9 Å². The third-order valence-corrected chi connectivity index (χ3v) is 4.61. The summed E-state index contributed by atoms with van der Waals surface area (Å²) in [6.45, 7) is 1.14. The van der Waals surface area contributed by atoms with Gasteiger partial charge in [-0.2, -0.15) is 0 Å². The van der Waals surface area contributed by atoms with Crippen molar-refractivity contribution in [1.82, 2.24) is 0 Å². The highest BCUT2D eigenvalue weighted by Gasteiger charge is 2.02. The van der Waals surface area contributed by atoms with Crippen LogP contribution in [-0.2, 0) is 13.2 Å². The standard InChI is InChI=1S/C21H19Cl2NO2/c1-25-18-8-6-17(7-9-18)24-13-15-3-2-4-19(11-15)26-14-16-5-10-20(22)21(23)12-16/h2-12,24H,13-14H2,1H3. The van der Waals surface area contributed by atoms with Gasteiger partial charge in [0.15, 0.2) is 0 Å². The van der Waals surface area contributed by atoms with Crippen molar-refractivity contribution in [2.24, 2.45) is 0 Å². The molecule has 3 aromatic rings. The molecule has 0 spiro atoms. The van der Waals surface area contributed by atoms with E-state index in [0.717, 1.165) is 28.3 Å². The van der Waals surface area contributed by atoms with Gasteiger partial charge in [0.05, 0.1) is 17.2 Å². The van der Waals surface area contributed by atoms with Crippen LogP contribution in [0.2, 0.25) is 10.0 Å². The summed E-state index contributed by atoms with van der Waals surface area (Å²) < 4.78 is 11.0. The third kappa shape index (κ3) is 5.07. The average molecular weight is 388 g/mol. The molecular formula is C21H19Cl2NO2. The first-order chi connectivity index (χ1) is 12.6. The Balaban J connectivity index is 1.57. The van der Waals surface area contributed by atoms with E-state index in [1.165, 1.54) is 0 Å². The van der Waals surface area contributed by atoms with E-state index in [1.807, 2.05) is 54.6 Å². The van der Waals surface area contributed by atoms with Crippen LogP contribution in [-0.4, -0.2) is 7.11 Å². The maximum atomic E-state index is 6.04. The molecule has 5 heteroatoms. The number of anilines is 1. The fourth-order valence-corrected chi connectivity index (χ4v) is 2.78. The van der Waals surface area contributed by atoms with E-state index >= 15 is 0 Å². The highest BCUT2D eigenvalue weighted by molar-refractivity contribution is 6.42. The second kappa shape index (κ2) is 8.84. The summed E-state index contributed by atoms with van der Waals surface area (Å²) in [6.07, 6.45) is 0. The van der Waals surface area contributed by atoms with Gasteiger partial charge in [-0.25, -0.2) is 0 Å². The Morgan fingerprint density at radius 1 is 0.808 bits per heavy atom. The first-order valence-corrected chi connectivity index (χ1v) is 8.93. The lowest BCUT2D eigenvalue weighted by atomic mass is 10.2. The predicted octanol–water partition coefficient (Wildman–Crippen LogP) is 6.19. The van der Waals surface area contributed by atoms with Gasteiger partial charge >= 0.3 is 0 Å². The van der Waals surface area contributed by atoms with Crippen LogP contribution in [0, 0.1) is 0 Å². The van der Waals surface area contributed by atoms with Crippen molar-refractivity contribution < 1.29 is 9.47 Å². The molecule has 0 saturated carbocycles. The fraction of sp³-hybridized carbons (Fsp3) is 0.143. The summed E-state index contributed by atoms with van der Waals surface area (Å²) in [7, 11) is 1.66. The molecule has 0 saturated heterocycles. The first kappa shape index (κ1) is 18.4. The van der Waals surface area contributed by atoms with Gasteiger partial charge in [0, 0.05) is 12.2 Å². The Kier molecular flexibility index (Phi) is 6.26. The molecule has 134 valence electrons. The van der Waals surface area contributed by atoms with Crippen molar-refractivity contribution in [3.05, 3.63) is 87.9 Å². The van der Waals surface area contributed by atoms with Crippen LogP contribution in [0.25, 0.3) is 0 Å². The molecule has 0 aliphatic rings. The van der Waals surface area contributed by atoms with Gasteiger partial charge in [-0.1, -0.05) is 41.4 Å². The Morgan fingerprint density at radius 3 is 2.35 bits per heavy atom. The minimum Gasteiger partial charge on any atom is -0.497 e. The van der Waals surface area contributed by atoms with Gasteiger partial charge < -0.3 is 14.8 Å². The number of nitrogens with one attached hydrogen (secondary N) is 1. The highest BCUT2D eigenvalue weighted by atomic mass is 35.5. The van der Waals surface area contributed by atoms with Crippen molar-refractivity contribution in [3.63, 3.8) is 0 Å². The minimum atomic E-state index is 0.437. The van der Waals surface area contributed by atoms with E-state index in [4.69, 9.17) is 32.7 Å². The molecule has 0 amide bonds. The summed E-state index contributed by atoms with van der Waals surface area (Å²) >= 11 is 12.0. The van der Waals surface area contributed by atoms with Crippen molar-refractivity contribution in [2.75, 3.05) is 12.4 Å². The van der Waals surface area contributed by atoms with Crippen LogP contribution < -0.4 is 14.8 Å². The molecule has 1 N–H and O–H groups in total. The number of methoxy groups -OCH3 is 1. The molecule has 0 aliphatic heterocycles. The van der Waals surface area contributed by atoms with Gasteiger partial charge in [-0.05, 0) is 59.7 Å². The molecule has 0 heterocycles. The fourth-order valence-electron chi connectivity index (χ4n) is 2.45. The lowest BCUT2D eigenvalue weighted by molar-refractivity contribution is 0.306. The van der Waals surface area contributed by atoms with E-state index in [2.05, 4.69) is 11.4 Å². The summed E-state index contributed by atoms with van der Waals surface area (Å²) in [6, 6.07) is 21.3. The maximum absolute atomic E-state index is 6.04. The van der Waals surface area contributed by atoms with Crippen LogP contribution >= 0.6 is 23.2 Å². The maximum Gasteiger partial charge on any atom is 0.120 e. The smallest absolute Gasteiger partial charge is 0.120 e. The van der Waals surface area contributed by atoms with E-state index in [9.17, 15) is 0 Å². The number of hydrogen-bond acceptors (Lipinski definition) is 3. The zero-order chi connectivity index (χ0) is 18.4. The van der Waals surface area contributed by atoms with Crippen LogP contribution in [0.15, 0.2) is 66.7 Å².